The van der Waals surface area contributed by atoms with Crippen molar-refractivity contribution in [3.8, 4) is 0 Å². The van der Waals surface area contributed by atoms with Gasteiger partial charge in [-0.15, -0.1) is 0 Å². The maximum absolute atomic E-state index is 11.3. The molecule has 0 aromatic carbocycles. The summed E-state index contributed by atoms with van der Waals surface area (Å²) in [5.74, 6) is 0.669. The third kappa shape index (κ3) is 2.86. The summed E-state index contributed by atoms with van der Waals surface area (Å²) in [7, 11) is -1.31. The lowest BCUT2D eigenvalue weighted by molar-refractivity contribution is -0.384. The minimum absolute atomic E-state index is 0.000176. The van der Waals surface area contributed by atoms with Gasteiger partial charge in [0.25, 0.3) is 0 Å². The van der Waals surface area contributed by atoms with Crippen molar-refractivity contribution < 1.29 is 13.3 Å². The first-order valence-electron chi connectivity index (χ1n) is 5.92. The molecule has 1 saturated heterocycles. The molecule has 1 fully saturated rings. The highest BCUT2D eigenvalue weighted by atomic mass is 32.2. The molecule has 0 radical (unpaired) electrons. The van der Waals surface area contributed by atoms with Crippen LogP contribution in [0.5, 0.6) is 0 Å². The number of nitro groups is 1. The largest absolute Gasteiger partial charge is 0.364 e. The van der Waals surface area contributed by atoms with Crippen LogP contribution >= 0.6 is 0 Å². The zero-order valence-corrected chi connectivity index (χ0v) is 11.6. The fourth-order valence-electron chi connectivity index (χ4n) is 2.34. The molecule has 8 nitrogen and oxygen atoms in total. The van der Waals surface area contributed by atoms with Crippen molar-refractivity contribution >= 4 is 21.3 Å². The third-order valence-electron chi connectivity index (χ3n) is 3.26. The molecule has 0 spiro atoms. The molecular formula is C10H16N4O4S. The second kappa shape index (κ2) is 4.80. The topological polar surface area (TPSA) is 107 Å². The van der Waals surface area contributed by atoms with Gasteiger partial charge in [-0.05, 0) is 19.3 Å². The molecule has 1 aromatic rings. The van der Waals surface area contributed by atoms with E-state index in [4.69, 9.17) is 0 Å². The first-order valence-corrected chi connectivity index (χ1v) is 7.74. The van der Waals surface area contributed by atoms with E-state index in [0.29, 0.717) is 24.5 Å². The van der Waals surface area contributed by atoms with Crippen LogP contribution in [0, 0.1) is 23.0 Å². The average Bonchev–Trinajstić information content (AvgIpc) is 2.75. The van der Waals surface area contributed by atoms with Gasteiger partial charge in [-0.1, -0.05) is 0 Å². The Hall–Kier alpha value is -1.64. The second-order valence-electron chi connectivity index (χ2n) is 4.81. The second-order valence-corrected chi connectivity index (χ2v) is 7.04. The summed E-state index contributed by atoms with van der Waals surface area (Å²) in [5.41, 5.74) is 0.289. The van der Waals surface area contributed by atoms with Crippen LogP contribution in [0.3, 0.4) is 0 Å². The molecule has 106 valence electrons. The van der Waals surface area contributed by atoms with Crippen LogP contribution in [0.1, 0.15) is 12.1 Å². The molecule has 1 N–H and O–H groups in total. The maximum Gasteiger partial charge on any atom is 0.333 e. The average molecular weight is 288 g/mol. The van der Waals surface area contributed by atoms with Crippen molar-refractivity contribution in [1.82, 2.24) is 9.78 Å². The van der Waals surface area contributed by atoms with Crippen LogP contribution in [-0.4, -0.2) is 41.2 Å². The first-order chi connectivity index (χ1) is 8.80. The Morgan fingerprint density at radius 3 is 2.79 bits per heavy atom. The van der Waals surface area contributed by atoms with Gasteiger partial charge in [-0.3, -0.25) is 10.1 Å². The Morgan fingerprint density at radius 2 is 2.26 bits per heavy atom. The molecule has 0 bridgehead atoms. The van der Waals surface area contributed by atoms with Gasteiger partial charge >= 0.3 is 5.69 Å². The predicted molar refractivity (Wildman–Crippen MR) is 69.8 cm³/mol. The Labute approximate surface area is 110 Å². The van der Waals surface area contributed by atoms with Gasteiger partial charge in [0.05, 0.1) is 16.4 Å². The number of nitrogens with zero attached hydrogens (tertiary/aromatic N) is 3. The SMILES string of the molecule is Cc1nn(C)c(NCC2CCS(=O)(=O)C2)c1[N+](=O)[O-]. The molecule has 2 heterocycles. The van der Waals surface area contributed by atoms with Crippen molar-refractivity contribution in [2.24, 2.45) is 13.0 Å². The van der Waals surface area contributed by atoms with Crippen LogP contribution in [0.4, 0.5) is 11.5 Å². The zero-order valence-electron chi connectivity index (χ0n) is 10.8. The van der Waals surface area contributed by atoms with E-state index in [9.17, 15) is 18.5 Å². The highest BCUT2D eigenvalue weighted by molar-refractivity contribution is 7.91. The van der Waals surface area contributed by atoms with Gasteiger partial charge in [0.1, 0.15) is 5.69 Å². The lowest BCUT2D eigenvalue weighted by Gasteiger charge is -2.10. The molecule has 0 saturated carbocycles. The molecule has 1 aliphatic heterocycles. The fraction of sp³-hybridized carbons (Fsp3) is 0.700. The van der Waals surface area contributed by atoms with Gasteiger partial charge in [-0.2, -0.15) is 5.10 Å². The summed E-state index contributed by atoms with van der Waals surface area (Å²) < 4.78 is 24.1. The monoisotopic (exact) mass is 288 g/mol. The van der Waals surface area contributed by atoms with Gasteiger partial charge in [0.15, 0.2) is 9.84 Å². The lowest BCUT2D eigenvalue weighted by atomic mass is 10.1. The van der Waals surface area contributed by atoms with Crippen molar-refractivity contribution in [1.29, 1.82) is 0 Å². The highest BCUT2D eigenvalue weighted by Gasteiger charge is 2.29. The fourth-order valence-corrected chi connectivity index (χ4v) is 4.20. The van der Waals surface area contributed by atoms with Crippen LogP contribution in [-0.2, 0) is 16.9 Å². The van der Waals surface area contributed by atoms with Gasteiger partial charge < -0.3 is 5.32 Å². The number of aromatic nitrogens is 2. The standard InChI is InChI=1S/C10H16N4O4S/c1-7-9(14(15)16)10(13(2)12-7)11-5-8-3-4-19(17,18)6-8/h8,11H,3-6H2,1-2H3. The van der Waals surface area contributed by atoms with Crippen LogP contribution in [0.25, 0.3) is 0 Å². The summed E-state index contributed by atoms with van der Waals surface area (Å²) in [4.78, 5) is 10.5. The molecule has 0 amide bonds. The van der Waals surface area contributed by atoms with E-state index in [1.165, 1.54) is 4.68 Å². The van der Waals surface area contributed by atoms with E-state index in [0.717, 1.165) is 0 Å². The zero-order chi connectivity index (χ0) is 14.2. The molecule has 1 aliphatic rings. The summed E-state index contributed by atoms with van der Waals surface area (Å²) in [5, 5.41) is 17.9. The Morgan fingerprint density at radius 1 is 1.58 bits per heavy atom. The number of sulfone groups is 1. The van der Waals surface area contributed by atoms with Gasteiger partial charge in [0.2, 0.25) is 5.82 Å². The molecule has 2 rings (SSSR count). The molecule has 1 aromatic heterocycles. The third-order valence-corrected chi connectivity index (χ3v) is 5.10. The molecule has 19 heavy (non-hydrogen) atoms. The summed E-state index contributed by atoms with van der Waals surface area (Å²) in [6.07, 6.45) is 0.597. The van der Waals surface area contributed by atoms with Crippen LogP contribution in [0.2, 0.25) is 0 Å². The lowest BCUT2D eigenvalue weighted by Crippen LogP contribution is -2.17. The molecule has 1 unspecified atom stereocenters. The van der Waals surface area contributed by atoms with E-state index in [1.807, 2.05) is 0 Å². The van der Waals surface area contributed by atoms with E-state index < -0.39 is 14.8 Å². The Bertz CT molecular complexity index is 607. The quantitative estimate of drug-likeness (QED) is 0.638. The molecular weight excluding hydrogens is 272 g/mol. The van der Waals surface area contributed by atoms with Crippen molar-refractivity contribution in [2.75, 3.05) is 23.4 Å². The number of aryl methyl sites for hydroxylation is 2. The highest BCUT2D eigenvalue weighted by Crippen LogP contribution is 2.28. The Kier molecular flexibility index (Phi) is 3.48. The van der Waals surface area contributed by atoms with E-state index in [1.54, 1.807) is 14.0 Å². The summed E-state index contributed by atoms with van der Waals surface area (Å²) in [6.45, 7) is 1.97. The number of nitrogens with one attached hydrogen (secondary N) is 1. The summed E-state index contributed by atoms with van der Waals surface area (Å²) in [6, 6.07) is 0. The van der Waals surface area contributed by atoms with E-state index in [-0.39, 0.29) is 23.1 Å². The van der Waals surface area contributed by atoms with E-state index in [2.05, 4.69) is 10.4 Å². The van der Waals surface area contributed by atoms with Gasteiger partial charge in [-0.25, -0.2) is 13.1 Å². The number of hydrogen-bond donors (Lipinski definition) is 1. The van der Waals surface area contributed by atoms with Crippen LogP contribution < -0.4 is 5.32 Å². The smallest absolute Gasteiger partial charge is 0.333 e. The normalized spacial score (nSPS) is 21.5. The molecule has 0 aliphatic carbocycles. The minimum Gasteiger partial charge on any atom is -0.364 e. The Balaban J connectivity index is 2.10. The molecule has 9 heteroatoms. The van der Waals surface area contributed by atoms with Crippen LogP contribution in [0.15, 0.2) is 0 Å². The molecule has 1 atom stereocenters. The number of rotatable bonds is 4. The minimum atomic E-state index is -2.93. The van der Waals surface area contributed by atoms with Gasteiger partial charge in [0, 0.05) is 13.6 Å². The number of anilines is 1. The predicted octanol–water partition coefficient (Wildman–Crippen LogP) is 0.483. The number of hydrogen-bond acceptors (Lipinski definition) is 6. The van der Waals surface area contributed by atoms with Crippen molar-refractivity contribution in [3.05, 3.63) is 15.8 Å². The summed E-state index contributed by atoms with van der Waals surface area (Å²) >= 11 is 0. The van der Waals surface area contributed by atoms with Crippen molar-refractivity contribution in [2.45, 2.75) is 13.3 Å². The maximum atomic E-state index is 11.3. The van der Waals surface area contributed by atoms with E-state index >= 15 is 0 Å². The first kappa shape index (κ1) is 13.8. The van der Waals surface area contributed by atoms with Crippen molar-refractivity contribution in [3.63, 3.8) is 0 Å².